The molecule has 0 fully saturated rings. The second kappa shape index (κ2) is 10.0. The van der Waals surface area contributed by atoms with Crippen molar-refractivity contribution in [2.24, 2.45) is 0 Å². The number of nitrogens with one attached hydrogen (secondary N) is 2. The van der Waals surface area contributed by atoms with Crippen LogP contribution in [0.3, 0.4) is 0 Å². The summed E-state index contributed by atoms with van der Waals surface area (Å²) in [5.74, 6) is -2.57. The van der Waals surface area contributed by atoms with Crippen molar-refractivity contribution in [1.29, 1.82) is 0 Å². The Morgan fingerprint density at radius 2 is 1.67 bits per heavy atom. The molecule has 2 aliphatic rings. The number of H-pyrrole nitrogens is 1. The molecular weight excluding hydrogens is 544 g/mol. The van der Waals surface area contributed by atoms with Crippen molar-refractivity contribution in [1.82, 2.24) is 10.3 Å². The molecule has 6 rings (SSSR count). The number of hydrogen-bond acceptors (Lipinski definition) is 7. The number of aromatic amines is 1. The van der Waals surface area contributed by atoms with E-state index in [1.807, 2.05) is 43.3 Å². The highest BCUT2D eigenvalue weighted by atomic mass is 16.5. The molecule has 4 aromatic rings. The standard InChI is InChI=1S/C35H32N2O6/c1-17-31(40)29(20(4)38)33-30(32(17)41)35(5)26(43-33)15-25(39)28(34(35)42)18(2)36-16-23(21-11-7-6-8-12-21)27-19(3)37-24-14-10-9-13-22(24)27/h6-15,23,36-37,40-41H,16H2,1-5H3/b28-18+/t23?,35-/m1/s1. The third-order valence-electron chi connectivity index (χ3n) is 8.82. The highest BCUT2D eigenvalue weighted by Crippen LogP contribution is 2.57. The maximum Gasteiger partial charge on any atom is 0.194 e. The molecule has 0 spiro atoms. The predicted octanol–water partition coefficient (Wildman–Crippen LogP) is 5.78. The zero-order valence-corrected chi connectivity index (χ0v) is 24.6. The Bertz CT molecular complexity index is 1930. The fraction of sp³-hybridized carbons (Fsp3) is 0.229. The zero-order valence-electron chi connectivity index (χ0n) is 24.6. The lowest BCUT2D eigenvalue weighted by atomic mass is 9.70. The quantitative estimate of drug-likeness (QED) is 0.130. The number of benzene rings is 3. The van der Waals surface area contributed by atoms with E-state index in [0.717, 1.165) is 27.7 Å². The minimum atomic E-state index is -1.57. The summed E-state index contributed by atoms with van der Waals surface area (Å²) in [4.78, 5) is 43.6. The molecule has 1 unspecified atom stereocenters. The third-order valence-corrected chi connectivity index (χ3v) is 8.82. The van der Waals surface area contributed by atoms with E-state index in [1.54, 1.807) is 13.8 Å². The molecule has 2 heterocycles. The molecule has 0 saturated carbocycles. The fourth-order valence-electron chi connectivity index (χ4n) is 6.53. The van der Waals surface area contributed by atoms with Gasteiger partial charge in [0, 0.05) is 46.4 Å². The molecule has 8 heteroatoms. The Balaban J connectivity index is 1.43. The minimum Gasteiger partial charge on any atom is -0.507 e. The molecule has 3 aromatic carbocycles. The van der Waals surface area contributed by atoms with Gasteiger partial charge in [-0.25, -0.2) is 0 Å². The van der Waals surface area contributed by atoms with Gasteiger partial charge in [-0.05, 0) is 51.8 Å². The number of ether oxygens (including phenoxy) is 1. The van der Waals surface area contributed by atoms with Gasteiger partial charge in [0.15, 0.2) is 17.3 Å². The largest absolute Gasteiger partial charge is 0.507 e. The van der Waals surface area contributed by atoms with E-state index in [4.69, 9.17) is 4.74 Å². The van der Waals surface area contributed by atoms with Gasteiger partial charge in [-0.3, -0.25) is 14.4 Å². The minimum absolute atomic E-state index is 0.00781. The van der Waals surface area contributed by atoms with Crippen molar-refractivity contribution in [2.75, 3.05) is 6.54 Å². The number of carbonyl (C=O) groups is 3. The fourth-order valence-corrected chi connectivity index (χ4v) is 6.53. The van der Waals surface area contributed by atoms with E-state index in [0.29, 0.717) is 12.2 Å². The first-order valence-corrected chi connectivity index (χ1v) is 14.1. The summed E-state index contributed by atoms with van der Waals surface area (Å²) in [6, 6.07) is 18.2. The maximum absolute atomic E-state index is 14.2. The number of para-hydroxylation sites is 1. The summed E-state index contributed by atoms with van der Waals surface area (Å²) in [6.07, 6.45) is 1.23. The SMILES string of the molecule is CC(=O)c1c(O)c(C)c(O)c2c1OC1=CC(=O)/C(=C(/C)NCC(c3ccccc3)c3c(C)[nH]c4ccccc34)C(=O)[C@]12C. The number of carbonyl (C=O) groups excluding carboxylic acids is 3. The van der Waals surface area contributed by atoms with Crippen molar-refractivity contribution >= 4 is 28.3 Å². The molecule has 43 heavy (non-hydrogen) atoms. The van der Waals surface area contributed by atoms with Crippen LogP contribution in [0.1, 0.15) is 65.0 Å². The number of fused-ring (bicyclic) bond motifs is 4. The molecule has 0 amide bonds. The van der Waals surface area contributed by atoms with Crippen LogP contribution in [-0.2, 0) is 15.0 Å². The van der Waals surface area contributed by atoms with Crippen LogP contribution in [0.4, 0.5) is 0 Å². The number of phenols is 2. The van der Waals surface area contributed by atoms with Crippen molar-refractivity contribution < 1.29 is 29.3 Å². The monoisotopic (exact) mass is 576 g/mol. The summed E-state index contributed by atoms with van der Waals surface area (Å²) in [6.45, 7) is 8.42. The number of hydrogen-bond donors (Lipinski definition) is 4. The summed E-state index contributed by atoms with van der Waals surface area (Å²) < 4.78 is 5.88. The molecule has 4 N–H and O–H groups in total. The average Bonchev–Trinajstić information content (AvgIpc) is 3.46. The van der Waals surface area contributed by atoms with Gasteiger partial charge in [0.1, 0.15) is 34.0 Å². The average molecular weight is 577 g/mol. The lowest BCUT2D eigenvalue weighted by molar-refractivity contribution is -0.123. The molecule has 2 atom stereocenters. The number of rotatable bonds is 6. The number of aromatic hydroxyl groups is 2. The molecule has 218 valence electrons. The molecule has 8 nitrogen and oxygen atoms in total. The van der Waals surface area contributed by atoms with E-state index in [2.05, 4.69) is 28.5 Å². The van der Waals surface area contributed by atoms with Gasteiger partial charge in [-0.2, -0.15) is 0 Å². The maximum atomic E-state index is 14.2. The van der Waals surface area contributed by atoms with Crippen LogP contribution in [-0.4, -0.2) is 39.1 Å². The molecule has 0 bridgehead atoms. The van der Waals surface area contributed by atoms with Crippen molar-refractivity contribution in [3.63, 3.8) is 0 Å². The van der Waals surface area contributed by atoms with E-state index in [9.17, 15) is 24.6 Å². The number of ketones is 3. The van der Waals surface area contributed by atoms with Gasteiger partial charge in [0.05, 0.1) is 11.1 Å². The topological polar surface area (TPSA) is 129 Å². The predicted molar refractivity (Wildman–Crippen MR) is 163 cm³/mol. The summed E-state index contributed by atoms with van der Waals surface area (Å²) >= 11 is 0. The number of aryl methyl sites for hydroxylation is 1. The van der Waals surface area contributed by atoms with Crippen LogP contribution in [0, 0.1) is 13.8 Å². The first kappa shape index (κ1) is 28.0. The van der Waals surface area contributed by atoms with E-state index in [1.165, 1.54) is 19.9 Å². The number of allylic oxidation sites excluding steroid dienone is 4. The Morgan fingerprint density at radius 1 is 1.00 bits per heavy atom. The van der Waals surface area contributed by atoms with Gasteiger partial charge in [0.25, 0.3) is 0 Å². The van der Waals surface area contributed by atoms with Gasteiger partial charge in [-0.1, -0.05) is 48.5 Å². The molecule has 1 aliphatic heterocycles. The zero-order chi connectivity index (χ0) is 30.8. The van der Waals surface area contributed by atoms with Gasteiger partial charge in [0.2, 0.25) is 0 Å². The molecule has 0 saturated heterocycles. The second-order valence-corrected chi connectivity index (χ2v) is 11.4. The van der Waals surface area contributed by atoms with Crippen LogP contribution in [0.25, 0.3) is 10.9 Å². The van der Waals surface area contributed by atoms with Crippen LogP contribution in [0.15, 0.2) is 77.7 Å². The van der Waals surface area contributed by atoms with Gasteiger partial charge in [-0.15, -0.1) is 0 Å². The number of Topliss-reactive ketones (excluding diaryl/α,β-unsaturated/α-hetero) is 2. The van der Waals surface area contributed by atoms with E-state index in [-0.39, 0.29) is 45.4 Å². The Morgan fingerprint density at radius 3 is 2.37 bits per heavy atom. The van der Waals surface area contributed by atoms with Crippen LogP contribution in [0.2, 0.25) is 0 Å². The molecule has 1 aliphatic carbocycles. The molecule has 0 radical (unpaired) electrons. The van der Waals surface area contributed by atoms with Gasteiger partial charge < -0.3 is 25.3 Å². The highest BCUT2D eigenvalue weighted by molar-refractivity contribution is 6.31. The van der Waals surface area contributed by atoms with Crippen molar-refractivity contribution in [3.05, 3.63) is 111 Å². The lowest BCUT2D eigenvalue weighted by Crippen LogP contribution is -2.41. The Hall–Kier alpha value is -5.11. The second-order valence-electron chi connectivity index (χ2n) is 11.4. The van der Waals surface area contributed by atoms with Gasteiger partial charge >= 0.3 is 0 Å². The smallest absolute Gasteiger partial charge is 0.194 e. The Labute approximate surface area is 248 Å². The van der Waals surface area contributed by atoms with Crippen LogP contribution < -0.4 is 10.1 Å². The highest BCUT2D eigenvalue weighted by Gasteiger charge is 2.56. The first-order valence-electron chi connectivity index (χ1n) is 14.1. The molecule has 1 aromatic heterocycles. The van der Waals surface area contributed by atoms with Crippen LogP contribution >= 0.6 is 0 Å². The molecular formula is C35H32N2O6. The van der Waals surface area contributed by atoms with E-state index >= 15 is 0 Å². The van der Waals surface area contributed by atoms with Crippen molar-refractivity contribution in [2.45, 2.75) is 46.0 Å². The normalized spacial score (nSPS) is 19.4. The number of phenolic OH excluding ortho intramolecular Hbond substituents is 2. The number of aromatic nitrogens is 1. The summed E-state index contributed by atoms with van der Waals surface area (Å²) in [7, 11) is 0. The lowest BCUT2D eigenvalue weighted by Gasteiger charge is -2.29. The summed E-state index contributed by atoms with van der Waals surface area (Å²) in [5, 5.41) is 26.2. The van der Waals surface area contributed by atoms with Crippen LogP contribution in [0.5, 0.6) is 17.2 Å². The first-order chi connectivity index (χ1) is 20.5. The van der Waals surface area contributed by atoms with Crippen molar-refractivity contribution in [3.8, 4) is 17.2 Å². The summed E-state index contributed by atoms with van der Waals surface area (Å²) in [5.41, 5.74) is 3.01. The van der Waals surface area contributed by atoms with E-state index < -0.39 is 28.5 Å². The third kappa shape index (κ3) is 4.08. The Kier molecular flexibility index (Phi) is 6.53.